The Kier molecular flexibility index (Phi) is 3.59. The van der Waals surface area contributed by atoms with Gasteiger partial charge in [-0.05, 0) is 13.3 Å². The highest BCUT2D eigenvalue weighted by molar-refractivity contribution is 8.01. The molecule has 1 unspecified atom stereocenters. The number of rotatable bonds is 3. The fraction of sp³-hybridized carbons (Fsp3) is 1.00. The summed E-state index contributed by atoms with van der Waals surface area (Å²) in [5.74, 6) is 0. The second-order valence-electron chi connectivity index (χ2n) is 2.94. The molecule has 0 aromatic rings. The van der Waals surface area contributed by atoms with Gasteiger partial charge in [0.2, 0.25) is 0 Å². The lowest BCUT2D eigenvalue weighted by molar-refractivity contribution is 0.679. The van der Waals surface area contributed by atoms with Gasteiger partial charge in [-0.15, -0.1) is 11.8 Å². The van der Waals surface area contributed by atoms with Gasteiger partial charge in [-0.25, -0.2) is 0 Å². The van der Waals surface area contributed by atoms with Crippen LogP contribution in [0.25, 0.3) is 0 Å². The van der Waals surface area contributed by atoms with Crippen LogP contribution in [0.2, 0.25) is 0 Å². The van der Waals surface area contributed by atoms with Crippen molar-refractivity contribution in [1.29, 1.82) is 0 Å². The first-order valence-electron chi connectivity index (χ1n) is 3.41. The van der Waals surface area contributed by atoms with Crippen molar-refractivity contribution in [2.24, 2.45) is 5.73 Å². The largest absolute Gasteiger partial charge is 0.320 e. The van der Waals surface area contributed by atoms with Crippen molar-refractivity contribution in [2.45, 2.75) is 44.2 Å². The molecule has 0 aromatic heterocycles. The molecule has 0 aliphatic rings. The monoisotopic (exact) mass is 147 g/mol. The van der Waals surface area contributed by atoms with E-state index < -0.39 is 0 Å². The molecule has 0 radical (unpaired) electrons. The van der Waals surface area contributed by atoms with E-state index in [9.17, 15) is 0 Å². The average Bonchev–Trinajstić information content (AvgIpc) is 1.63. The zero-order chi connectivity index (χ0) is 7.49. The molecule has 56 valence electrons. The summed E-state index contributed by atoms with van der Waals surface area (Å²) >= 11 is 1.83. The third kappa shape index (κ3) is 4.79. The highest BCUT2D eigenvalue weighted by atomic mass is 32.2. The van der Waals surface area contributed by atoms with Crippen molar-refractivity contribution >= 4 is 11.8 Å². The Balaban J connectivity index is 3.58. The molecule has 0 heterocycles. The molecule has 0 spiro atoms. The van der Waals surface area contributed by atoms with Gasteiger partial charge in [0.1, 0.15) is 0 Å². The first-order valence-corrected chi connectivity index (χ1v) is 4.29. The van der Waals surface area contributed by atoms with Crippen LogP contribution in [0.4, 0.5) is 0 Å². The zero-order valence-corrected chi connectivity index (χ0v) is 7.59. The quantitative estimate of drug-likeness (QED) is 0.619. The van der Waals surface area contributed by atoms with Crippen molar-refractivity contribution in [1.82, 2.24) is 0 Å². The molecule has 0 fully saturated rings. The van der Waals surface area contributed by atoms with Gasteiger partial charge < -0.3 is 5.73 Å². The van der Waals surface area contributed by atoms with Crippen LogP contribution in [0, 0.1) is 0 Å². The minimum Gasteiger partial charge on any atom is -0.320 e. The van der Waals surface area contributed by atoms with Crippen molar-refractivity contribution in [3.63, 3.8) is 0 Å². The summed E-state index contributed by atoms with van der Waals surface area (Å²) in [6, 6.07) is 0. The zero-order valence-electron chi connectivity index (χ0n) is 6.77. The Morgan fingerprint density at radius 3 is 2.11 bits per heavy atom. The third-order valence-corrected chi connectivity index (χ3v) is 2.65. The van der Waals surface area contributed by atoms with E-state index in [1.54, 1.807) is 0 Å². The Morgan fingerprint density at radius 2 is 2.00 bits per heavy atom. The van der Waals surface area contributed by atoms with Crippen molar-refractivity contribution in [2.75, 3.05) is 0 Å². The maximum absolute atomic E-state index is 5.62. The van der Waals surface area contributed by atoms with E-state index in [0.29, 0.717) is 4.75 Å². The molecule has 2 heteroatoms. The highest BCUT2D eigenvalue weighted by Crippen LogP contribution is 2.29. The summed E-state index contributed by atoms with van der Waals surface area (Å²) in [4.78, 5) is 0. The van der Waals surface area contributed by atoms with Crippen LogP contribution < -0.4 is 5.73 Å². The fourth-order valence-electron chi connectivity index (χ4n) is 0.587. The SMILES string of the molecule is CCC(C)(C)SC(C)N. The second kappa shape index (κ2) is 3.47. The van der Waals surface area contributed by atoms with Crippen LogP contribution in [-0.2, 0) is 0 Å². The normalized spacial score (nSPS) is 15.7. The van der Waals surface area contributed by atoms with Gasteiger partial charge in [0.25, 0.3) is 0 Å². The molecule has 0 saturated carbocycles. The lowest BCUT2D eigenvalue weighted by Crippen LogP contribution is -2.22. The minimum absolute atomic E-state index is 0.264. The maximum Gasteiger partial charge on any atom is 0.0483 e. The van der Waals surface area contributed by atoms with Crippen LogP contribution in [0.5, 0.6) is 0 Å². The molecule has 9 heavy (non-hydrogen) atoms. The molecule has 2 N–H and O–H groups in total. The van der Waals surface area contributed by atoms with Gasteiger partial charge >= 0.3 is 0 Å². The Labute approximate surface area is 62.4 Å². The molecular formula is C7H17NS. The van der Waals surface area contributed by atoms with Gasteiger partial charge in [-0.3, -0.25) is 0 Å². The summed E-state index contributed by atoms with van der Waals surface area (Å²) in [5.41, 5.74) is 5.62. The molecule has 0 aromatic carbocycles. The lowest BCUT2D eigenvalue weighted by atomic mass is 10.1. The number of nitrogens with two attached hydrogens (primary N) is 1. The van der Waals surface area contributed by atoms with Crippen molar-refractivity contribution in [3.05, 3.63) is 0 Å². The molecule has 0 aliphatic carbocycles. The van der Waals surface area contributed by atoms with Crippen LogP contribution in [-0.4, -0.2) is 10.1 Å². The molecule has 1 nitrogen and oxygen atoms in total. The molecule has 0 saturated heterocycles. The lowest BCUT2D eigenvalue weighted by Gasteiger charge is -2.23. The Bertz CT molecular complexity index is 79.0. The summed E-state index contributed by atoms with van der Waals surface area (Å²) < 4.78 is 0.355. The minimum atomic E-state index is 0.264. The van der Waals surface area contributed by atoms with E-state index in [-0.39, 0.29) is 5.37 Å². The third-order valence-electron chi connectivity index (χ3n) is 1.36. The van der Waals surface area contributed by atoms with E-state index >= 15 is 0 Å². The van der Waals surface area contributed by atoms with E-state index in [1.165, 1.54) is 6.42 Å². The van der Waals surface area contributed by atoms with Crippen LogP contribution in [0.3, 0.4) is 0 Å². The maximum atomic E-state index is 5.62. The molecule has 1 atom stereocenters. The van der Waals surface area contributed by atoms with Gasteiger partial charge in [-0.1, -0.05) is 20.8 Å². The van der Waals surface area contributed by atoms with Gasteiger partial charge in [0.05, 0.1) is 0 Å². The fourth-order valence-corrected chi connectivity index (χ4v) is 1.76. The van der Waals surface area contributed by atoms with Crippen LogP contribution >= 0.6 is 11.8 Å². The van der Waals surface area contributed by atoms with E-state index in [2.05, 4.69) is 20.8 Å². The number of thioether (sulfide) groups is 1. The van der Waals surface area contributed by atoms with Gasteiger partial charge in [0.15, 0.2) is 0 Å². The first kappa shape index (κ1) is 9.31. The van der Waals surface area contributed by atoms with Crippen LogP contribution in [0.15, 0.2) is 0 Å². The average molecular weight is 147 g/mol. The summed E-state index contributed by atoms with van der Waals surface area (Å²) in [7, 11) is 0. The summed E-state index contributed by atoms with van der Waals surface area (Å²) in [5, 5.41) is 0.264. The predicted molar refractivity (Wildman–Crippen MR) is 45.6 cm³/mol. The predicted octanol–water partition coefficient (Wildman–Crippen LogP) is 2.21. The smallest absolute Gasteiger partial charge is 0.0483 e. The standard InChI is InChI=1S/C7H17NS/c1-5-7(3,4)9-6(2)8/h6H,5,8H2,1-4H3. The van der Waals surface area contributed by atoms with E-state index in [0.717, 1.165) is 0 Å². The van der Waals surface area contributed by atoms with Gasteiger partial charge in [0, 0.05) is 10.1 Å². The topological polar surface area (TPSA) is 26.0 Å². The molecule has 0 aliphatic heterocycles. The van der Waals surface area contributed by atoms with E-state index in [4.69, 9.17) is 5.73 Å². The second-order valence-corrected chi connectivity index (χ2v) is 5.02. The number of hydrogen-bond donors (Lipinski definition) is 1. The summed E-state index contributed by atoms with van der Waals surface area (Å²) in [6.07, 6.45) is 1.18. The Hall–Kier alpha value is 0.310. The summed E-state index contributed by atoms with van der Waals surface area (Å²) in [6.45, 7) is 8.67. The van der Waals surface area contributed by atoms with Crippen molar-refractivity contribution < 1.29 is 0 Å². The van der Waals surface area contributed by atoms with Crippen LogP contribution in [0.1, 0.15) is 34.1 Å². The van der Waals surface area contributed by atoms with Gasteiger partial charge in [-0.2, -0.15) is 0 Å². The molecule has 0 rings (SSSR count). The molecule has 0 bridgehead atoms. The molecule has 0 amide bonds. The highest BCUT2D eigenvalue weighted by Gasteiger charge is 2.16. The van der Waals surface area contributed by atoms with E-state index in [1.807, 2.05) is 18.7 Å². The van der Waals surface area contributed by atoms with Crippen molar-refractivity contribution in [3.8, 4) is 0 Å². The molecular weight excluding hydrogens is 130 g/mol. The number of hydrogen-bond acceptors (Lipinski definition) is 2. The Morgan fingerprint density at radius 1 is 1.56 bits per heavy atom. The first-order chi connectivity index (χ1) is 3.98.